The number of ether oxygens (including phenoxy) is 4. The van der Waals surface area contributed by atoms with Crippen molar-refractivity contribution in [1.29, 1.82) is 0 Å². The molecule has 0 aliphatic carbocycles. The van der Waals surface area contributed by atoms with Crippen molar-refractivity contribution in [2.24, 2.45) is 0 Å². The molecule has 3 aromatic carbocycles. The number of phenolic OH excluding ortho intramolecular Hbond substituents is 1. The molecule has 0 unspecified atom stereocenters. The van der Waals surface area contributed by atoms with Crippen LogP contribution in [0.15, 0.2) is 57.9 Å². The maximum absolute atomic E-state index is 13.5. The van der Waals surface area contributed by atoms with Gasteiger partial charge < -0.3 is 28.5 Å². The van der Waals surface area contributed by atoms with Crippen LogP contribution in [0, 0.1) is 0 Å². The van der Waals surface area contributed by atoms with Gasteiger partial charge in [-0.1, -0.05) is 23.7 Å². The summed E-state index contributed by atoms with van der Waals surface area (Å²) in [7, 11) is 1.52. The summed E-state index contributed by atoms with van der Waals surface area (Å²) in [5, 5.41) is 11.3. The molecular weight excluding hydrogens is 488 g/mol. The number of phenols is 1. The first kappa shape index (κ1) is 22.3. The van der Waals surface area contributed by atoms with Gasteiger partial charge >= 0.3 is 5.97 Å². The van der Waals surface area contributed by atoms with Crippen molar-refractivity contribution in [2.45, 2.75) is 12.3 Å². The van der Waals surface area contributed by atoms with Gasteiger partial charge in [-0.15, -0.1) is 0 Å². The molecule has 4 aromatic rings. The van der Waals surface area contributed by atoms with E-state index < -0.39 is 17.3 Å². The van der Waals surface area contributed by atoms with Crippen molar-refractivity contribution in [3.05, 3.63) is 75.1 Å². The minimum absolute atomic E-state index is 0.00587. The number of hydrogen-bond donors (Lipinski definition) is 1. The van der Waals surface area contributed by atoms with Gasteiger partial charge in [-0.3, -0.25) is 9.59 Å². The zero-order valence-corrected chi connectivity index (χ0v) is 19.8. The Bertz CT molecular complexity index is 1570. The summed E-state index contributed by atoms with van der Waals surface area (Å²) >= 11 is 5.98. The fraction of sp³-hybridized carbons (Fsp3) is 0.185. The maximum Gasteiger partial charge on any atom is 0.312 e. The molecule has 8 nitrogen and oxygen atoms in total. The summed E-state index contributed by atoms with van der Waals surface area (Å²) in [6, 6.07) is 11.5. The second kappa shape index (κ2) is 8.49. The number of rotatable bonds is 3. The number of halogens is 1. The van der Waals surface area contributed by atoms with Crippen molar-refractivity contribution in [2.75, 3.05) is 20.3 Å². The van der Waals surface area contributed by atoms with E-state index >= 15 is 0 Å². The zero-order chi connectivity index (χ0) is 25.0. The lowest BCUT2D eigenvalue weighted by atomic mass is 9.84. The first-order valence-corrected chi connectivity index (χ1v) is 11.6. The minimum atomic E-state index is -0.557. The van der Waals surface area contributed by atoms with E-state index in [4.69, 9.17) is 35.0 Å². The molecular formula is C27H19ClO8. The number of benzene rings is 3. The highest BCUT2D eigenvalue weighted by atomic mass is 35.5. The molecule has 2 aliphatic rings. The maximum atomic E-state index is 13.5. The number of esters is 1. The highest BCUT2D eigenvalue weighted by Gasteiger charge is 2.35. The van der Waals surface area contributed by atoms with Gasteiger partial charge in [-0.05, 0) is 35.4 Å². The van der Waals surface area contributed by atoms with Crippen LogP contribution < -0.4 is 24.4 Å². The smallest absolute Gasteiger partial charge is 0.312 e. The fourth-order valence-corrected chi connectivity index (χ4v) is 4.87. The monoisotopic (exact) mass is 506 g/mol. The van der Waals surface area contributed by atoms with Gasteiger partial charge in [0, 0.05) is 22.6 Å². The van der Waals surface area contributed by atoms with Gasteiger partial charge in [-0.2, -0.15) is 0 Å². The third kappa shape index (κ3) is 3.53. The van der Waals surface area contributed by atoms with E-state index in [1.165, 1.54) is 19.4 Å². The van der Waals surface area contributed by atoms with E-state index in [1.807, 2.05) is 0 Å². The largest absolute Gasteiger partial charge is 0.507 e. The van der Waals surface area contributed by atoms with Crippen LogP contribution in [0.25, 0.3) is 22.1 Å². The number of fused-ring (bicyclic) bond motifs is 4. The zero-order valence-electron chi connectivity index (χ0n) is 19.0. The second-order valence-electron chi connectivity index (χ2n) is 8.48. The van der Waals surface area contributed by atoms with Gasteiger partial charge in [0.1, 0.15) is 41.9 Å². The van der Waals surface area contributed by atoms with Gasteiger partial charge in [0.15, 0.2) is 11.5 Å². The van der Waals surface area contributed by atoms with E-state index in [1.54, 1.807) is 36.4 Å². The van der Waals surface area contributed by atoms with Crippen LogP contribution in [-0.4, -0.2) is 31.4 Å². The average molecular weight is 507 g/mol. The fourth-order valence-electron chi connectivity index (χ4n) is 4.74. The van der Waals surface area contributed by atoms with Crippen LogP contribution in [0.2, 0.25) is 5.02 Å². The molecule has 1 aromatic heterocycles. The van der Waals surface area contributed by atoms with E-state index in [2.05, 4.69) is 0 Å². The molecule has 182 valence electrons. The molecule has 0 radical (unpaired) electrons. The molecule has 0 spiro atoms. The Morgan fingerprint density at radius 3 is 2.58 bits per heavy atom. The summed E-state index contributed by atoms with van der Waals surface area (Å²) in [6.45, 7) is 0.772. The Morgan fingerprint density at radius 2 is 1.81 bits per heavy atom. The Balaban J connectivity index is 1.58. The predicted octanol–water partition coefficient (Wildman–Crippen LogP) is 5.04. The van der Waals surface area contributed by atoms with E-state index in [0.29, 0.717) is 52.2 Å². The first-order valence-electron chi connectivity index (χ1n) is 11.2. The standard InChI is InChI=1S/C27H19ClO8/c1-32-20-8-14(9-21-26(20)34-7-6-33-21)16-10-22(30)36-19-11-18(29)24-25(31)17(12-35-27(24)23(16)19)13-2-4-15(28)5-3-13/h2-5,8-9,11-12,16,29H,6-7,10H2,1H3/t16-/m0/s1. The second-order valence-corrected chi connectivity index (χ2v) is 8.91. The van der Waals surface area contributed by atoms with Crippen molar-refractivity contribution < 1.29 is 33.3 Å². The lowest BCUT2D eigenvalue weighted by molar-refractivity contribution is -0.135. The van der Waals surface area contributed by atoms with Crippen LogP contribution in [0.5, 0.6) is 28.7 Å². The Hall–Kier alpha value is -4.17. The number of methoxy groups -OCH3 is 1. The number of hydrogen-bond acceptors (Lipinski definition) is 8. The van der Waals surface area contributed by atoms with Crippen molar-refractivity contribution in [3.8, 4) is 39.9 Å². The molecule has 0 saturated carbocycles. The Morgan fingerprint density at radius 1 is 1.03 bits per heavy atom. The summed E-state index contributed by atoms with van der Waals surface area (Å²) < 4.78 is 28.4. The summed E-state index contributed by atoms with van der Waals surface area (Å²) in [5.41, 5.74) is 1.73. The lowest BCUT2D eigenvalue weighted by Crippen LogP contribution is -2.22. The molecule has 0 saturated heterocycles. The molecule has 1 N–H and O–H groups in total. The van der Waals surface area contributed by atoms with Crippen LogP contribution >= 0.6 is 11.6 Å². The molecule has 6 rings (SSSR count). The number of carbonyl (C=O) groups is 1. The van der Waals surface area contributed by atoms with Crippen LogP contribution in [0.1, 0.15) is 23.5 Å². The topological polar surface area (TPSA) is 104 Å². The summed E-state index contributed by atoms with van der Waals surface area (Å²) in [4.78, 5) is 26.0. The predicted molar refractivity (Wildman–Crippen MR) is 131 cm³/mol. The van der Waals surface area contributed by atoms with Gasteiger partial charge in [-0.25, -0.2) is 0 Å². The van der Waals surface area contributed by atoms with Crippen LogP contribution in [0.4, 0.5) is 0 Å². The molecule has 9 heteroatoms. The molecule has 1 atom stereocenters. The molecule has 0 amide bonds. The highest BCUT2D eigenvalue weighted by molar-refractivity contribution is 6.30. The third-order valence-electron chi connectivity index (χ3n) is 6.38. The first-order chi connectivity index (χ1) is 17.4. The highest BCUT2D eigenvalue weighted by Crippen LogP contribution is 2.49. The quantitative estimate of drug-likeness (QED) is 0.304. The van der Waals surface area contributed by atoms with Crippen LogP contribution in [-0.2, 0) is 4.79 Å². The summed E-state index contributed by atoms with van der Waals surface area (Å²) in [6.07, 6.45) is 1.32. The molecule has 36 heavy (non-hydrogen) atoms. The molecule has 2 aliphatic heterocycles. The van der Waals surface area contributed by atoms with E-state index in [9.17, 15) is 14.7 Å². The SMILES string of the molecule is COc1cc([C@@H]2CC(=O)Oc3cc(O)c4c(=O)c(-c5ccc(Cl)cc5)coc4c32)cc2c1OCCO2. The van der Waals surface area contributed by atoms with Crippen LogP contribution in [0.3, 0.4) is 0 Å². The molecule has 0 fully saturated rings. The lowest BCUT2D eigenvalue weighted by Gasteiger charge is -2.28. The third-order valence-corrected chi connectivity index (χ3v) is 6.63. The molecule has 3 heterocycles. The number of carbonyl (C=O) groups excluding carboxylic acids is 1. The minimum Gasteiger partial charge on any atom is -0.507 e. The van der Waals surface area contributed by atoms with Crippen molar-refractivity contribution in [3.63, 3.8) is 0 Å². The Kier molecular flexibility index (Phi) is 5.26. The van der Waals surface area contributed by atoms with E-state index in [0.717, 1.165) is 0 Å². The normalized spacial score (nSPS) is 16.4. The van der Waals surface area contributed by atoms with Gasteiger partial charge in [0.2, 0.25) is 11.2 Å². The van der Waals surface area contributed by atoms with Crippen molar-refractivity contribution in [1.82, 2.24) is 0 Å². The van der Waals surface area contributed by atoms with Crippen molar-refractivity contribution >= 4 is 28.5 Å². The van der Waals surface area contributed by atoms with E-state index in [-0.39, 0.29) is 34.5 Å². The average Bonchev–Trinajstić information content (AvgIpc) is 2.88. The molecule has 0 bridgehead atoms. The Labute approximate surface area is 209 Å². The van der Waals surface area contributed by atoms with Gasteiger partial charge in [0.05, 0.1) is 19.1 Å². The van der Waals surface area contributed by atoms with Gasteiger partial charge in [0.25, 0.3) is 0 Å². The summed E-state index contributed by atoms with van der Waals surface area (Å²) in [5.74, 6) is 0.168. The number of aromatic hydroxyl groups is 1.